The summed E-state index contributed by atoms with van der Waals surface area (Å²) in [4.78, 5) is 9.32. The molecule has 0 unspecified atom stereocenters. The number of benzene rings is 1. The van der Waals surface area contributed by atoms with Crippen LogP contribution in [0.2, 0.25) is 0 Å². The van der Waals surface area contributed by atoms with Gasteiger partial charge in [-0.2, -0.15) is 5.26 Å². The molecule has 0 radical (unpaired) electrons. The largest absolute Gasteiger partial charge is 0.496 e. The van der Waals surface area contributed by atoms with Gasteiger partial charge in [0.05, 0.1) is 7.11 Å². The minimum absolute atomic E-state index is 0.279. The predicted octanol–water partition coefficient (Wildman–Crippen LogP) is 2.21. The average molecular weight is 258 g/mol. The molecular formula is C13H11FN4O. The lowest BCUT2D eigenvalue weighted by Crippen LogP contribution is -2.11. The van der Waals surface area contributed by atoms with E-state index in [1.807, 2.05) is 6.19 Å². The Morgan fingerprint density at radius 3 is 2.58 bits per heavy atom. The van der Waals surface area contributed by atoms with Crippen LogP contribution in [0.1, 0.15) is 0 Å². The highest BCUT2D eigenvalue weighted by Gasteiger charge is 2.09. The molecule has 2 aromatic rings. The van der Waals surface area contributed by atoms with E-state index < -0.39 is 0 Å². The number of nitriles is 1. The Balaban J connectivity index is 2.43. The van der Waals surface area contributed by atoms with Crippen molar-refractivity contribution in [2.45, 2.75) is 0 Å². The van der Waals surface area contributed by atoms with Gasteiger partial charge in [0.15, 0.2) is 6.19 Å². The van der Waals surface area contributed by atoms with Gasteiger partial charge in [0.2, 0.25) is 5.95 Å². The molecule has 5 nitrogen and oxygen atoms in total. The van der Waals surface area contributed by atoms with Gasteiger partial charge in [-0.3, -0.25) is 4.90 Å². The zero-order valence-electron chi connectivity index (χ0n) is 10.5. The SMILES string of the molecule is COc1ccc(F)cc1-c1cnc(N(C)C#N)nc1. The lowest BCUT2D eigenvalue weighted by molar-refractivity contribution is 0.415. The van der Waals surface area contributed by atoms with Crippen LogP contribution in [0.15, 0.2) is 30.6 Å². The third-order valence-corrected chi connectivity index (χ3v) is 2.56. The lowest BCUT2D eigenvalue weighted by atomic mass is 10.1. The minimum Gasteiger partial charge on any atom is -0.496 e. The molecule has 6 heteroatoms. The summed E-state index contributed by atoms with van der Waals surface area (Å²) in [5, 5.41) is 8.72. The highest BCUT2D eigenvalue weighted by atomic mass is 19.1. The molecule has 0 saturated carbocycles. The van der Waals surface area contributed by atoms with Gasteiger partial charge in [0, 0.05) is 30.6 Å². The first-order valence-electron chi connectivity index (χ1n) is 5.45. The third-order valence-electron chi connectivity index (χ3n) is 2.56. The molecule has 0 aliphatic heterocycles. The number of ether oxygens (including phenoxy) is 1. The summed E-state index contributed by atoms with van der Waals surface area (Å²) >= 11 is 0. The van der Waals surface area contributed by atoms with Gasteiger partial charge in [-0.25, -0.2) is 14.4 Å². The Labute approximate surface area is 109 Å². The van der Waals surface area contributed by atoms with Crippen molar-refractivity contribution in [1.82, 2.24) is 9.97 Å². The van der Waals surface area contributed by atoms with E-state index in [0.717, 1.165) is 0 Å². The number of methoxy groups -OCH3 is 1. The van der Waals surface area contributed by atoms with E-state index in [4.69, 9.17) is 10.00 Å². The maximum atomic E-state index is 13.3. The number of halogens is 1. The van der Waals surface area contributed by atoms with Crippen molar-refractivity contribution in [3.05, 3.63) is 36.4 Å². The summed E-state index contributed by atoms with van der Waals surface area (Å²) in [6, 6.07) is 4.21. The summed E-state index contributed by atoms with van der Waals surface area (Å²) in [7, 11) is 3.06. The van der Waals surface area contributed by atoms with Crippen molar-refractivity contribution in [3.63, 3.8) is 0 Å². The van der Waals surface area contributed by atoms with E-state index in [0.29, 0.717) is 16.9 Å². The number of aromatic nitrogens is 2. The Morgan fingerprint density at radius 1 is 1.32 bits per heavy atom. The Bertz CT molecular complexity index is 622. The number of nitrogens with zero attached hydrogens (tertiary/aromatic N) is 4. The van der Waals surface area contributed by atoms with Gasteiger partial charge in [-0.1, -0.05) is 0 Å². The summed E-state index contributed by atoms with van der Waals surface area (Å²) < 4.78 is 18.5. The normalized spacial score (nSPS) is 9.79. The maximum absolute atomic E-state index is 13.3. The smallest absolute Gasteiger partial charge is 0.238 e. The van der Waals surface area contributed by atoms with Crippen molar-refractivity contribution >= 4 is 5.95 Å². The fourth-order valence-corrected chi connectivity index (χ4v) is 1.58. The van der Waals surface area contributed by atoms with E-state index in [-0.39, 0.29) is 11.8 Å². The van der Waals surface area contributed by atoms with Crippen molar-refractivity contribution in [3.8, 4) is 23.1 Å². The van der Waals surface area contributed by atoms with Gasteiger partial charge in [-0.15, -0.1) is 0 Å². The molecule has 0 amide bonds. The van der Waals surface area contributed by atoms with Gasteiger partial charge in [0.25, 0.3) is 0 Å². The van der Waals surface area contributed by atoms with Crippen LogP contribution in [-0.4, -0.2) is 24.1 Å². The van der Waals surface area contributed by atoms with Crippen LogP contribution in [0.4, 0.5) is 10.3 Å². The fraction of sp³-hybridized carbons (Fsp3) is 0.154. The number of anilines is 1. The Morgan fingerprint density at radius 2 is 2.00 bits per heavy atom. The molecule has 1 aromatic heterocycles. The van der Waals surface area contributed by atoms with Crippen LogP contribution in [0.25, 0.3) is 11.1 Å². The fourth-order valence-electron chi connectivity index (χ4n) is 1.58. The number of hydrogen-bond donors (Lipinski definition) is 0. The Hall–Kier alpha value is -2.68. The van der Waals surface area contributed by atoms with Crippen LogP contribution in [0.5, 0.6) is 5.75 Å². The van der Waals surface area contributed by atoms with Gasteiger partial charge >= 0.3 is 0 Å². The second-order valence-corrected chi connectivity index (χ2v) is 3.78. The van der Waals surface area contributed by atoms with Crippen LogP contribution >= 0.6 is 0 Å². The summed E-state index contributed by atoms with van der Waals surface area (Å²) in [5.41, 5.74) is 1.18. The molecular weight excluding hydrogens is 247 g/mol. The first-order chi connectivity index (χ1) is 9.15. The first kappa shape index (κ1) is 12.8. The van der Waals surface area contributed by atoms with Gasteiger partial charge < -0.3 is 4.74 Å². The Kier molecular flexibility index (Phi) is 3.57. The first-order valence-corrected chi connectivity index (χ1v) is 5.45. The summed E-state index contributed by atoms with van der Waals surface area (Å²) in [5.74, 6) is 0.446. The molecule has 0 fully saturated rings. The highest BCUT2D eigenvalue weighted by Crippen LogP contribution is 2.29. The molecule has 0 N–H and O–H groups in total. The van der Waals surface area contributed by atoms with Crippen LogP contribution in [0, 0.1) is 17.3 Å². The molecule has 96 valence electrons. The molecule has 0 bridgehead atoms. The van der Waals surface area contributed by atoms with E-state index in [1.54, 1.807) is 13.1 Å². The van der Waals surface area contributed by atoms with Crippen LogP contribution in [0.3, 0.4) is 0 Å². The van der Waals surface area contributed by atoms with E-state index in [9.17, 15) is 4.39 Å². The number of hydrogen-bond acceptors (Lipinski definition) is 5. The molecule has 0 aliphatic carbocycles. The maximum Gasteiger partial charge on any atom is 0.238 e. The third kappa shape index (κ3) is 2.60. The predicted molar refractivity (Wildman–Crippen MR) is 68.0 cm³/mol. The van der Waals surface area contributed by atoms with Crippen molar-refractivity contribution in [2.24, 2.45) is 0 Å². The average Bonchev–Trinajstić information content (AvgIpc) is 2.46. The molecule has 0 spiro atoms. The second-order valence-electron chi connectivity index (χ2n) is 3.78. The standard InChI is InChI=1S/C13H11FN4O/c1-18(8-15)13-16-6-9(7-17-13)11-5-10(14)3-4-12(11)19-2/h3-7H,1-2H3. The molecule has 19 heavy (non-hydrogen) atoms. The van der Waals surface area contributed by atoms with Crippen LogP contribution < -0.4 is 9.64 Å². The highest BCUT2D eigenvalue weighted by molar-refractivity contribution is 5.69. The number of rotatable bonds is 3. The molecule has 1 heterocycles. The molecule has 0 atom stereocenters. The summed E-state index contributed by atoms with van der Waals surface area (Å²) in [6.45, 7) is 0. The topological polar surface area (TPSA) is 62.0 Å². The molecule has 1 aromatic carbocycles. The zero-order valence-corrected chi connectivity index (χ0v) is 10.5. The van der Waals surface area contributed by atoms with E-state index in [2.05, 4.69) is 9.97 Å². The van der Waals surface area contributed by atoms with Crippen molar-refractivity contribution < 1.29 is 9.13 Å². The zero-order chi connectivity index (χ0) is 13.8. The lowest BCUT2D eigenvalue weighted by Gasteiger charge is -2.10. The minimum atomic E-state index is -0.367. The van der Waals surface area contributed by atoms with Gasteiger partial charge in [0.1, 0.15) is 11.6 Å². The molecule has 0 aliphatic rings. The second kappa shape index (κ2) is 5.31. The van der Waals surface area contributed by atoms with Crippen molar-refractivity contribution in [1.29, 1.82) is 5.26 Å². The van der Waals surface area contributed by atoms with Gasteiger partial charge in [-0.05, 0) is 18.2 Å². The van der Waals surface area contributed by atoms with Crippen LogP contribution in [-0.2, 0) is 0 Å². The molecule has 2 rings (SSSR count). The van der Waals surface area contributed by atoms with E-state index in [1.165, 1.54) is 36.5 Å². The van der Waals surface area contributed by atoms with Crippen molar-refractivity contribution in [2.75, 3.05) is 19.1 Å². The molecule has 0 saturated heterocycles. The van der Waals surface area contributed by atoms with E-state index >= 15 is 0 Å². The summed E-state index contributed by atoms with van der Waals surface area (Å²) in [6.07, 6.45) is 4.94. The quantitative estimate of drug-likeness (QED) is 0.624. The monoisotopic (exact) mass is 258 g/mol.